The SMILES string of the molecule is C#CCNC(=O)NCc1ccc(N2CCCC2)nc1. The van der Waals surface area contributed by atoms with Gasteiger partial charge in [-0.25, -0.2) is 9.78 Å². The summed E-state index contributed by atoms with van der Waals surface area (Å²) in [6.07, 6.45) is 9.33. The number of anilines is 1. The van der Waals surface area contributed by atoms with Crippen LogP contribution in [0.15, 0.2) is 18.3 Å². The fourth-order valence-electron chi connectivity index (χ4n) is 2.03. The van der Waals surface area contributed by atoms with Crippen LogP contribution < -0.4 is 15.5 Å². The summed E-state index contributed by atoms with van der Waals surface area (Å²) in [4.78, 5) is 18.0. The zero-order chi connectivity index (χ0) is 13.5. The van der Waals surface area contributed by atoms with E-state index in [-0.39, 0.29) is 12.6 Å². The molecule has 1 aliphatic heterocycles. The van der Waals surface area contributed by atoms with Gasteiger partial charge in [0.2, 0.25) is 0 Å². The second-order valence-corrected chi connectivity index (χ2v) is 4.46. The number of nitrogens with one attached hydrogen (secondary N) is 2. The van der Waals surface area contributed by atoms with Gasteiger partial charge in [-0.2, -0.15) is 0 Å². The van der Waals surface area contributed by atoms with Crippen molar-refractivity contribution >= 4 is 11.8 Å². The van der Waals surface area contributed by atoms with Crippen LogP contribution in [0.3, 0.4) is 0 Å². The lowest BCUT2D eigenvalue weighted by molar-refractivity contribution is 0.241. The first-order chi connectivity index (χ1) is 9.29. The van der Waals surface area contributed by atoms with E-state index >= 15 is 0 Å². The zero-order valence-corrected chi connectivity index (χ0v) is 10.9. The van der Waals surface area contributed by atoms with Crippen LogP contribution in [0.25, 0.3) is 0 Å². The lowest BCUT2D eigenvalue weighted by atomic mass is 10.3. The van der Waals surface area contributed by atoms with Gasteiger partial charge in [-0.3, -0.25) is 0 Å². The number of aromatic nitrogens is 1. The predicted molar refractivity (Wildman–Crippen MR) is 74.8 cm³/mol. The largest absolute Gasteiger partial charge is 0.357 e. The molecule has 0 aromatic carbocycles. The Hall–Kier alpha value is -2.22. The van der Waals surface area contributed by atoms with E-state index in [4.69, 9.17) is 6.42 Å². The van der Waals surface area contributed by atoms with E-state index < -0.39 is 0 Å². The number of terminal acetylenes is 1. The smallest absolute Gasteiger partial charge is 0.315 e. The normalized spacial score (nSPS) is 13.9. The molecule has 0 unspecified atom stereocenters. The fraction of sp³-hybridized carbons (Fsp3) is 0.429. The lowest BCUT2D eigenvalue weighted by Gasteiger charge is -2.16. The average molecular weight is 258 g/mol. The van der Waals surface area contributed by atoms with Crippen molar-refractivity contribution < 1.29 is 4.79 Å². The van der Waals surface area contributed by atoms with E-state index in [2.05, 4.69) is 26.4 Å². The molecule has 1 aliphatic rings. The van der Waals surface area contributed by atoms with Gasteiger partial charge in [0.25, 0.3) is 0 Å². The highest BCUT2D eigenvalue weighted by Gasteiger charge is 2.12. The van der Waals surface area contributed by atoms with Gasteiger partial charge < -0.3 is 15.5 Å². The molecule has 5 nitrogen and oxygen atoms in total. The number of nitrogens with zero attached hydrogens (tertiary/aromatic N) is 2. The van der Waals surface area contributed by atoms with Crippen LogP contribution in [0.1, 0.15) is 18.4 Å². The van der Waals surface area contributed by atoms with Crippen LogP contribution in [-0.2, 0) is 6.54 Å². The molecule has 0 saturated carbocycles. The third-order valence-electron chi connectivity index (χ3n) is 3.04. The molecule has 2 rings (SSSR count). The first-order valence-corrected chi connectivity index (χ1v) is 6.44. The second-order valence-electron chi connectivity index (χ2n) is 4.46. The molecular weight excluding hydrogens is 240 g/mol. The predicted octanol–water partition coefficient (Wildman–Crippen LogP) is 1.11. The van der Waals surface area contributed by atoms with Crippen LogP contribution in [0.2, 0.25) is 0 Å². The summed E-state index contributed by atoms with van der Waals surface area (Å²) < 4.78 is 0. The Bertz CT molecular complexity index is 457. The van der Waals surface area contributed by atoms with Crippen LogP contribution in [0, 0.1) is 12.3 Å². The maximum absolute atomic E-state index is 11.3. The van der Waals surface area contributed by atoms with Crippen molar-refractivity contribution in [3.8, 4) is 12.3 Å². The van der Waals surface area contributed by atoms with E-state index in [0.29, 0.717) is 6.54 Å². The summed E-state index contributed by atoms with van der Waals surface area (Å²) in [7, 11) is 0. The van der Waals surface area contributed by atoms with Crippen molar-refractivity contribution in [2.75, 3.05) is 24.5 Å². The summed E-state index contributed by atoms with van der Waals surface area (Å²) in [5.41, 5.74) is 0.971. The molecule has 19 heavy (non-hydrogen) atoms. The maximum atomic E-state index is 11.3. The van der Waals surface area contributed by atoms with E-state index in [0.717, 1.165) is 24.5 Å². The first-order valence-electron chi connectivity index (χ1n) is 6.44. The molecule has 1 saturated heterocycles. The molecular formula is C14H18N4O. The summed E-state index contributed by atoms with van der Waals surface area (Å²) in [5, 5.41) is 5.27. The molecule has 2 N–H and O–H groups in total. The van der Waals surface area contributed by atoms with Crippen LogP contribution in [-0.4, -0.2) is 30.6 Å². The van der Waals surface area contributed by atoms with Gasteiger partial charge in [-0.1, -0.05) is 12.0 Å². The van der Waals surface area contributed by atoms with Crippen molar-refractivity contribution in [3.63, 3.8) is 0 Å². The third-order valence-corrected chi connectivity index (χ3v) is 3.04. The number of urea groups is 1. The number of hydrogen-bond acceptors (Lipinski definition) is 3. The molecule has 2 heterocycles. The van der Waals surface area contributed by atoms with Gasteiger partial charge in [0.05, 0.1) is 6.54 Å². The molecule has 0 bridgehead atoms. The van der Waals surface area contributed by atoms with E-state index in [9.17, 15) is 4.79 Å². The van der Waals surface area contributed by atoms with Crippen molar-refractivity contribution in [2.24, 2.45) is 0 Å². The third kappa shape index (κ3) is 3.88. The maximum Gasteiger partial charge on any atom is 0.315 e. The van der Waals surface area contributed by atoms with Crippen molar-refractivity contribution in [1.29, 1.82) is 0 Å². The van der Waals surface area contributed by atoms with Gasteiger partial charge in [0.15, 0.2) is 0 Å². The molecule has 100 valence electrons. The Balaban J connectivity index is 1.81. The number of carbonyl (C=O) groups is 1. The zero-order valence-electron chi connectivity index (χ0n) is 10.9. The van der Waals surface area contributed by atoms with Crippen LogP contribution >= 0.6 is 0 Å². The highest BCUT2D eigenvalue weighted by atomic mass is 16.2. The minimum absolute atomic E-state index is 0.234. The topological polar surface area (TPSA) is 57.3 Å². The first kappa shape index (κ1) is 13.2. The van der Waals surface area contributed by atoms with Crippen molar-refractivity contribution in [3.05, 3.63) is 23.9 Å². The number of pyridine rings is 1. The molecule has 0 atom stereocenters. The van der Waals surface area contributed by atoms with Crippen LogP contribution in [0.4, 0.5) is 10.6 Å². The molecule has 1 aromatic rings. The number of rotatable bonds is 4. The molecule has 0 spiro atoms. The highest BCUT2D eigenvalue weighted by Crippen LogP contribution is 2.17. The molecule has 0 aliphatic carbocycles. The lowest BCUT2D eigenvalue weighted by Crippen LogP contribution is -2.35. The highest BCUT2D eigenvalue weighted by molar-refractivity contribution is 5.74. The van der Waals surface area contributed by atoms with E-state index in [1.807, 2.05) is 12.1 Å². The Kier molecular flexibility index (Phi) is 4.62. The van der Waals surface area contributed by atoms with Gasteiger partial charge in [-0.05, 0) is 24.5 Å². The summed E-state index contributed by atoms with van der Waals surface area (Å²) in [6.45, 7) is 2.85. The molecule has 2 amide bonds. The van der Waals surface area contributed by atoms with Crippen molar-refractivity contribution in [2.45, 2.75) is 19.4 Å². The van der Waals surface area contributed by atoms with Crippen LogP contribution in [0.5, 0.6) is 0 Å². The quantitative estimate of drug-likeness (QED) is 0.796. The molecule has 5 heteroatoms. The monoisotopic (exact) mass is 258 g/mol. The molecule has 0 radical (unpaired) electrons. The van der Waals surface area contributed by atoms with Gasteiger partial charge in [-0.15, -0.1) is 6.42 Å². The van der Waals surface area contributed by atoms with Gasteiger partial charge >= 0.3 is 6.03 Å². The fourth-order valence-corrected chi connectivity index (χ4v) is 2.03. The minimum atomic E-state index is -0.262. The Morgan fingerprint density at radius 1 is 1.37 bits per heavy atom. The number of carbonyl (C=O) groups excluding carboxylic acids is 1. The standard InChI is InChI=1S/C14H18N4O/c1-2-7-15-14(19)17-11-12-5-6-13(16-10-12)18-8-3-4-9-18/h1,5-6,10H,3-4,7-9,11H2,(H2,15,17,19). The Morgan fingerprint density at radius 3 is 2.79 bits per heavy atom. The van der Waals surface area contributed by atoms with Gasteiger partial charge in [0.1, 0.15) is 5.82 Å². The number of amides is 2. The molecule has 1 aromatic heterocycles. The summed E-state index contributed by atoms with van der Waals surface area (Å²) in [6, 6.07) is 3.73. The summed E-state index contributed by atoms with van der Waals surface area (Å²) >= 11 is 0. The van der Waals surface area contributed by atoms with E-state index in [1.54, 1.807) is 6.20 Å². The Labute approximate surface area is 113 Å². The average Bonchev–Trinajstić information content (AvgIpc) is 2.97. The van der Waals surface area contributed by atoms with Gasteiger partial charge in [0, 0.05) is 25.8 Å². The second kappa shape index (κ2) is 6.64. The number of hydrogen-bond donors (Lipinski definition) is 2. The van der Waals surface area contributed by atoms with Crippen molar-refractivity contribution in [1.82, 2.24) is 15.6 Å². The summed E-state index contributed by atoms with van der Waals surface area (Å²) in [5.74, 6) is 3.36. The molecule has 1 fully saturated rings. The van der Waals surface area contributed by atoms with E-state index in [1.165, 1.54) is 12.8 Å². The minimum Gasteiger partial charge on any atom is -0.357 e. The Morgan fingerprint density at radius 2 is 2.16 bits per heavy atom.